The van der Waals surface area contributed by atoms with Gasteiger partial charge in [0.2, 0.25) is 11.8 Å². The van der Waals surface area contributed by atoms with Gasteiger partial charge in [-0.25, -0.2) is 0 Å². The average Bonchev–Trinajstić information content (AvgIpc) is 3.22. The summed E-state index contributed by atoms with van der Waals surface area (Å²) < 4.78 is 7.29. The topological polar surface area (TPSA) is 85.8 Å². The number of nitrogens with one attached hydrogen (secondary N) is 1. The second-order valence-electron chi connectivity index (χ2n) is 6.29. The van der Waals surface area contributed by atoms with E-state index in [1.807, 2.05) is 27.0 Å². The summed E-state index contributed by atoms with van der Waals surface area (Å²) in [4.78, 5) is 12.2. The van der Waals surface area contributed by atoms with Crippen molar-refractivity contribution >= 4 is 5.91 Å². The summed E-state index contributed by atoms with van der Waals surface area (Å²) in [6, 6.07) is 2.01. The second-order valence-corrected chi connectivity index (χ2v) is 6.29. The molecule has 23 heavy (non-hydrogen) atoms. The molecule has 2 atom stereocenters. The van der Waals surface area contributed by atoms with E-state index >= 15 is 0 Å². The van der Waals surface area contributed by atoms with E-state index in [0.717, 1.165) is 37.8 Å². The smallest absolute Gasteiger partial charge is 0.272 e. The minimum Gasteiger partial charge on any atom is -0.425 e. The van der Waals surface area contributed by atoms with Crippen LogP contribution in [0.5, 0.6) is 0 Å². The van der Waals surface area contributed by atoms with Crippen molar-refractivity contribution in [1.29, 1.82) is 0 Å². The van der Waals surface area contributed by atoms with Gasteiger partial charge in [0, 0.05) is 31.6 Å². The fourth-order valence-corrected chi connectivity index (χ4v) is 3.08. The summed E-state index contributed by atoms with van der Waals surface area (Å²) in [6.07, 6.45) is 4.55. The molecule has 7 heteroatoms. The highest BCUT2D eigenvalue weighted by Gasteiger charge is 2.28. The predicted octanol–water partition coefficient (Wildman–Crippen LogP) is 1.82. The van der Waals surface area contributed by atoms with Gasteiger partial charge in [-0.2, -0.15) is 5.10 Å². The zero-order chi connectivity index (χ0) is 16.4. The molecule has 7 nitrogen and oxygen atoms in total. The van der Waals surface area contributed by atoms with Gasteiger partial charge in [0.15, 0.2) is 0 Å². The molecule has 2 aromatic rings. The Morgan fingerprint density at radius 3 is 2.83 bits per heavy atom. The molecule has 1 fully saturated rings. The third-order valence-corrected chi connectivity index (χ3v) is 4.50. The molecule has 0 saturated heterocycles. The van der Waals surface area contributed by atoms with E-state index in [1.54, 1.807) is 4.68 Å². The van der Waals surface area contributed by atoms with Gasteiger partial charge in [-0.15, -0.1) is 10.2 Å². The SMILES string of the molecule is CCc1nnc(C[C@@H]2CC[C@H](NC(=O)c3cc(C)n(C)n3)C2)o1. The summed E-state index contributed by atoms with van der Waals surface area (Å²) in [5.41, 5.74) is 1.46. The molecular formula is C16H23N5O2. The van der Waals surface area contributed by atoms with Crippen molar-refractivity contribution in [3.8, 4) is 0 Å². The van der Waals surface area contributed by atoms with Crippen molar-refractivity contribution in [1.82, 2.24) is 25.3 Å². The summed E-state index contributed by atoms with van der Waals surface area (Å²) in [5, 5.41) is 15.4. The lowest BCUT2D eigenvalue weighted by atomic mass is 10.0. The molecule has 0 spiro atoms. The first-order chi connectivity index (χ1) is 11.0. The van der Waals surface area contributed by atoms with Crippen molar-refractivity contribution in [2.45, 2.75) is 52.0 Å². The van der Waals surface area contributed by atoms with Crippen LogP contribution in [0.2, 0.25) is 0 Å². The normalized spacial score (nSPS) is 20.8. The first kappa shape index (κ1) is 15.7. The zero-order valence-corrected chi connectivity index (χ0v) is 13.9. The molecule has 2 heterocycles. The lowest BCUT2D eigenvalue weighted by Crippen LogP contribution is -2.33. The maximum absolute atomic E-state index is 12.2. The highest BCUT2D eigenvalue weighted by atomic mass is 16.4. The average molecular weight is 317 g/mol. The number of carbonyl (C=O) groups excluding carboxylic acids is 1. The van der Waals surface area contributed by atoms with Crippen LogP contribution in [0, 0.1) is 12.8 Å². The van der Waals surface area contributed by atoms with E-state index in [9.17, 15) is 4.79 Å². The Hall–Kier alpha value is -2.18. The molecule has 3 rings (SSSR count). The predicted molar refractivity (Wildman–Crippen MR) is 83.9 cm³/mol. The van der Waals surface area contributed by atoms with Gasteiger partial charge >= 0.3 is 0 Å². The first-order valence-corrected chi connectivity index (χ1v) is 8.18. The van der Waals surface area contributed by atoms with Crippen molar-refractivity contribution in [3.63, 3.8) is 0 Å². The number of nitrogens with zero attached hydrogens (tertiary/aromatic N) is 4. The molecule has 0 aromatic carbocycles. The molecule has 1 aliphatic rings. The molecule has 2 aromatic heterocycles. The number of hydrogen-bond acceptors (Lipinski definition) is 5. The van der Waals surface area contributed by atoms with Crippen LogP contribution < -0.4 is 5.32 Å². The Morgan fingerprint density at radius 2 is 2.17 bits per heavy atom. The van der Waals surface area contributed by atoms with Gasteiger partial charge < -0.3 is 9.73 Å². The highest BCUT2D eigenvalue weighted by Crippen LogP contribution is 2.28. The minimum absolute atomic E-state index is 0.0922. The van der Waals surface area contributed by atoms with E-state index in [2.05, 4.69) is 20.6 Å². The molecule has 1 amide bonds. The Labute approximate surface area is 135 Å². The number of aromatic nitrogens is 4. The van der Waals surface area contributed by atoms with Crippen LogP contribution in [-0.2, 0) is 19.9 Å². The summed E-state index contributed by atoms with van der Waals surface area (Å²) in [6.45, 7) is 3.93. The number of aryl methyl sites for hydroxylation is 3. The Kier molecular flexibility index (Phi) is 4.45. The summed E-state index contributed by atoms with van der Waals surface area (Å²) in [5.74, 6) is 1.79. The van der Waals surface area contributed by atoms with Gasteiger partial charge in [0.1, 0.15) is 5.69 Å². The van der Waals surface area contributed by atoms with Crippen LogP contribution in [0.15, 0.2) is 10.5 Å². The van der Waals surface area contributed by atoms with Gasteiger partial charge in [-0.05, 0) is 38.2 Å². The third-order valence-electron chi connectivity index (χ3n) is 4.50. The largest absolute Gasteiger partial charge is 0.425 e. The maximum Gasteiger partial charge on any atom is 0.272 e. The number of carbonyl (C=O) groups is 1. The highest BCUT2D eigenvalue weighted by molar-refractivity contribution is 5.92. The van der Waals surface area contributed by atoms with Crippen LogP contribution in [0.3, 0.4) is 0 Å². The van der Waals surface area contributed by atoms with Crippen LogP contribution in [0.25, 0.3) is 0 Å². The second kappa shape index (κ2) is 6.52. The monoisotopic (exact) mass is 317 g/mol. The van der Waals surface area contributed by atoms with Crippen LogP contribution in [0.4, 0.5) is 0 Å². The molecule has 124 valence electrons. The lowest BCUT2D eigenvalue weighted by Gasteiger charge is -2.11. The van der Waals surface area contributed by atoms with Gasteiger partial charge in [-0.3, -0.25) is 9.48 Å². The molecular weight excluding hydrogens is 294 g/mol. The van der Waals surface area contributed by atoms with E-state index in [0.29, 0.717) is 23.4 Å². The lowest BCUT2D eigenvalue weighted by molar-refractivity contribution is 0.0931. The van der Waals surface area contributed by atoms with Crippen molar-refractivity contribution in [2.24, 2.45) is 13.0 Å². The fraction of sp³-hybridized carbons (Fsp3) is 0.625. The number of amides is 1. The van der Waals surface area contributed by atoms with Crippen molar-refractivity contribution in [3.05, 3.63) is 29.2 Å². The van der Waals surface area contributed by atoms with Crippen molar-refractivity contribution < 1.29 is 9.21 Å². The van der Waals surface area contributed by atoms with E-state index < -0.39 is 0 Å². The van der Waals surface area contributed by atoms with E-state index in [-0.39, 0.29) is 11.9 Å². The quantitative estimate of drug-likeness (QED) is 0.909. The van der Waals surface area contributed by atoms with E-state index in [1.165, 1.54) is 0 Å². The molecule has 0 aliphatic heterocycles. The molecule has 1 N–H and O–H groups in total. The minimum atomic E-state index is -0.0922. The summed E-state index contributed by atoms with van der Waals surface area (Å²) in [7, 11) is 1.84. The maximum atomic E-state index is 12.2. The standard InChI is InChI=1S/C16H23N5O2/c1-4-14-18-19-15(23-14)9-11-5-6-12(8-11)17-16(22)13-7-10(2)21(3)20-13/h7,11-12H,4-6,8-9H2,1-3H3,(H,17,22)/t11-,12+/m1/s1. The Balaban J connectivity index is 1.52. The van der Waals surface area contributed by atoms with Gasteiger partial charge in [0.25, 0.3) is 5.91 Å². The van der Waals surface area contributed by atoms with E-state index in [4.69, 9.17) is 4.42 Å². The molecule has 1 aliphatic carbocycles. The van der Waals surface area contributed by atoms with Crippen LogP contribution in [0.1, 0.15) is 54.2 Å². The third kappa shape index (κ3) is 3.60. The molecule has 1 saturated carbocycles. The van der Waals surface area contributed by atoms with Crippen LogP contribution >= 0.6 is 0 Å². The molecule has 0 unspecified atom stereocenters. The number of hydrogen-bond donors (Lipinski definition) is 1. The molecule has 0 radical (unpaired) electrons. The van der Waals surface area contributed by atoms with Crippen molar-refractivity contribution in [2.75, 3.05) is 0 Å². The molecule has 0 bridgehead atoms. The Bertz CT molecular complexity index is 671. The van der Waals surface area contributed by atoms with Gasteiger partial charge in [0.05, 0.1) is 0 Å². The zero-order valence-electron chi connectivity index (χ0n) is 13.9. The van der Waals surface area contributed by atoms with Gasteiger partial charge in [-0.1, -0.05) is 6.92 Å². The van der Waals surface area contributed by atoms with Crippen LogP contribution in [-0.4, -0.2) is 31.9 Å². The first-order valence-electron chi connectivity index (χ1n) is 8.18. The number of rotatable bonds is 5. The summed E-state index contributed by atoms with van der Waals surface area (Å²) >= 11 is 0. The Morgan fingerprint density at radius 1 is 1.39 bits per heavy atom. The fourth-order valence-electron chi connectivity index (χ4n) is 3.08.